The summed E-state index contributed by atoms with van der Waals surface area (Å²) in [6, 6.07) is 20.2. The van der Waals surface area contributed by atoms with Gasteiger partial charge in [0.1, 0.15) is 11.3 Å². The minimum absolute atomic E-state index is 0.101. The Morgan fingerprint density at radius 3 is 2.39 bits per heavy atom. The minimum atomic E-state index is -0.581. The van der Waals surface area contributed by atoms with Crippen LogP contribution in [0.25, 0.3) is 11.0 Å². The number of carbonyl (C=O) groups is 1. The second kappa shape index (κ2) is 8.45. The summed E-state index contributed by atoms with van der Waals surface area (Å²) in [6.07, 6.45) is 2.01. The summed E-state index contributed by atoms with van der Waals surface area (Å²) in [7, 11) is 0. The van der Waals surface area contributed by atoms with Gasteiger partial charge in [-0.15, -0.1) is 11.8 Å². The van der Waals surface area contributed by atoms with Crippen LogP contribution in [-0.2, 0) is 0 Å². The van der Waals surface area contributed by atoms with Gasteiger partial charge < -0.3 is 9.15 Å². The lowest BCUT2D eigenvalue weighted by Gasteiger charge is -2.25. The minimum Gasteiger partial charge on any atom is -0.494 e. The van der Waals surface area contributed by atoms with Crippen molar-refractivity contribution in [2.45, 2.75) is 24.8 Å². The van der Waals surface area contributed by atoms with Crippen molar-refractivity contribution in [2.75, 3.05) is 17.8 Å². The molecule has 5 rings (SSSR count). The van der Waals surface area contributed by atoms with E-state index < -0.39 is 6.04 Å². The van der Waals surface area contributed by atoms with Crippen molar-refractivity contribution in [1.29, 1.82) is 0 Å². The van der Waals surface area contributed by atoms with Crippen LogP contribution in [-0.4, -0.2) is 18.8 Å². The van der Waals surface area contributed by atoms with Gasteiger partial charge >= 0.3 is 0 Å². The molecule has 1 amide bonds. The fourth-order valence-electron chi connectivity index (χ4n) is 4.32. The quantitative estimate of drug-likeness (QED) is 0.346. The molecule has 1 atom stereocenters. The van der Waals surface area contributed by atoms with E-state index in [1.807, 2.05) is 80.8 Å². The summed E-state index contributed by atoms with van der Waals surface area (Å²) in [5.41, 5.74) is 3.12. The van der Waals surface area contributed by atoms with Crippen LogP contribution in [0, 0.1) is 6.92 Å². The molecular formula is C27H23NO4S. The Balaban J connectivity index is 1.73. The molecule has 0 spiro atoms. The SMILES string of the molecule is CCOc1ccc(N2C(=O)c3oc4ccc(C)cc4c(=O)c3C2c2ccc(SC)cc2)cc1. The third-order valence-electron chi connectivity index (χ3n) is 5.88. The number of thioether (sulfide) groups is 1. The standard InChI is InChI=1S/C27H23NO4S/c1-4-31-19-10-8-18(9-11-19)28-24(17-6-12-20(33-3)13-7-17)23-25(29)21-15-16(2)5-14-22(21)32-26(23)27(28)30/h5-15,24H,4H2,1-3H3. The summed E-state index contributed by atoms with van der Waals surface area (Å²) in [6.45, 7) is 4.41. The summed E-state index contributed by atoms with van der Waals surface area (Å²) in [5, 5.41) is 0.487. The van der Waals surface area contributed by atoms with Crippen LogP contribution in [0.3, 0.4) is 0 Å². The third kappa shape index (κ3) is 3.60. The maximum Gasteiger partial charge on any atom is 0.295 e. The molecule has 0 aliphatic carbocycles. The van der Waals surface area contributed by atoms with Crippen LogP contribution in [0.4, 0.5) is 5.69 Å². The fraction of sp³-hybridized carbons (Fsp3) is 0.185. The van der Waals surface area contributed by atoms with Crippen LogP contribution >= 0.6 is 11.8 Å². The second-order valence-electron chi connectivity index (χ2n) is 7.95. The molecule has 0 N–H and O–H groups in total. The van der Waals surface area contributed by atoms with Gasteiger partial charge in [-0.25, -0.2) is 0 Å². The zero-order valence-electron chi connectivity index (χ0n) is 18.6. The molecule has 6 heteroatoms. The number of anilines is 1. The summed E-state index contributed by atoms with van der Waals surface area (Å²) >= 11 is 1.64. The summed E-state index contributed by atoms with van der Waals surface area (Å²) in [5.74, 6) is 0.499. The largest absolute Gasteiger partial charge is 0.494 e. The van der Waals surface area contributed by atoms with Gasteiger partial charge in [-0.3, -0.25) is 14.5 Å². The van der Waals surface area contributed by atoms with Gasteiger partial charge in [0.15, 0.2) is 5.43 Å². The number of nitrogens with zero attached hydrogens (tertiary/aromatic N) is 1. The molecule has 166 valence electrons. The maximum absolute atomic E-state index is 13.7. The Morgan fingerprint density at radius 2 is 1.73 bits per heavy atom. The van der Waals surface area contributed by atoms with Crippen molar-refractivity contribution in [2.24, 2.45) is 0 Å². The third-order valence-corrected chi connectivity index (χ3v) is 6.63. The van der Waals surface area contributed by atoms with E-state index in [4.69, 9.17) is 9.15 Å². The normalized spacial score (nSPS) is 15.2. The highest BCUT2D eigenvalue weighted by atomic mass is 32.2. The molecule has 1 aromatic heterocycles. The number of rotatable bonds is 5. The Hall–Kier alpha value is -3.51. The lowest BCUT2D eigenvalue weighted by molar-refractivity contribution is 0.0971. The molecule has 0 radical (unpaired) electrons. The zero-order valence-corrected chi connectivity index (χ0v) is 19.4. The van der Waals surface area contributed by atoms with Gasteiger partial charge in [0.05, 0.1) is 23.6 Å². The van der Waals surface area contributed by atoms with Crippen molar-refractivity contribution in [3.8, 4) is 5.75 Å². The molecule has 0 saturated carbocycles. The molecular weight excluding hydrogens is 434 g/mol. The number of hydrogen-bond acceptors (Lipinski definition) is 5. The van der Waals surface area contributed by atoms with Crippen molar-refractivity contribution in [3.05, 3.63) is 99.4 Å². The van der Waals surface area contributed by atoms with E-state index in [1.165, 1.54) is 0 Å². The highest BCUT2D eigenvalue weighted by Gasteiger charge is 2.43. The summed E-state index contributed by atoms with van der Waals surface area (Å²) < 4.78 is 11.6. The van der Waals surface area contributed by atoms with Crippen LogP contribution in [0.15, 0.2) is 80.8 Å². The zero-order chi connectivity index (χ0) is 23.1. The molecule has 1 unspecified atom stereocenters. The highest BCUT2D eigenvalue weighted by molar-refractivity contribution is 7.98. The number of carbonyl (C=O) groups excluding carboxylic acids is 1. The van der Waals surface area contributed by atoms with E-state index in [0.717, 1.165) is 21.8 Å². The lowest BCUT2D eigenvalue weighted by atomic mass is 9.98. The molecule has 1 aliphatic rings. The van der Waals surface area contributed by atoms with Crippen molar-refractivity contribution >= 4 is 34.3 Å². The van der Waals surface area contributed by atoms with E-state index >= 15 is 0 Å². The smallest absolute Gasteiger partial charge is 0.295 e. The Labute approximate surface area is 196 Å². The number of amides is 1. The molecule has 33 heavy (non-hydrogen) atoms. The van der Waals surface area contributed by atoms with E-state index in [0.29, 0.717) is 28.8 Å². The maximum atomic E-state index is 13.7. The number of ether oxygens (including phenoxy) is 1. The fourth-order valence-corrected chi connectivity index (χ4v) is 4.73. The molecule has 1 aliphatic heterocycles. The first-order valence-corrected chi connectivity index (χ1v) is 12.0. The first kappa shape index (κ1) is 21.3. The van der Waals surface area contributed by atoms with Gasteiger partial charge in [-0.05, 0) is 74.2 Å². The van der Waals surface area contributed by atoms with E-state index in [1.54, 1.807) is 22.7 Å². The van der Waals surface area contributed by atoms with Gasteiger partial charge in [0.25, 0.3) is 5.91 Å². The summed E-state index contributed by atoms with van der Waals surface area (Å²) in [4.78, 5) is 30.1. The molecule has 3 aromatic carbocycles. The van der Waals surface area contributed by atoms with Crippen LogP contribution in [0.1, 0.15) is 40.2 Å². The van der Waals surface area contributed by atoms with Crippen LogP contribution in [0.5, 0.6) is 5.75 Å². The number of benzene rings is 3. The monoisotopic (exact) mass is 457 g/mol. The van der Waals surface area contributed by atoms with E-state index in [9.17, 15) is 9.59 Å². The average Bonchev–Trinajstić information content (AvgIpc) is 3.13. The van der Waals surface area contributed by atoms with Crippen molar-refractivity contribution < 1.29 is 13.9 Å². The topological polar surface area (TPSA) is 59.8 Å². The van der Waals surface area contributed by atoms with Gasteiger partial charge in [0, 0.05) is 10.6 Å². The number of aryl methyl sites for hydroxylation is 1. The van der Waals surface area contributed by atoms with Crippen LogP contribution in [0.2, 0.25) is 0 Å². The molecule has 2 heterocycles. The van der Waals surface area contributed by atoms with E-state index in [2.05, 4.69) is 0 Å². The second-order valence-corrected chi connectivity index (χ2v) is 8.83. The predicted molar refractivity (Wildman–Crippen MR) is 132 cm³/mol. The Bertz CT molecular complexity index is 1410. The first-order valence-electron chi connectivity index (χ1n) is 10.8. The first-order chi connectivity index (χ1) is 16.0. The van der Waals surface area contributed by atoms with Gasteiger partial charge in [-0.2, -0.15) is 0 Å². The lowest BCUT2D eigenvalue weighted by Crippen LogP contribution is -2.29. The Morgan fingerprint density at radius 1 is 1.00 bits per heavy atom. The predicted octanol–water partition coefficient (Wildman–Crippen LogP) is 5.97. The van der Waals surface area contributed by atoms with Crippen molar-refractivity contribution in [1.82, 2.24) is 0 Å². The number of hydrogen-bond donors (Lipinski definition) is 0. The van der Waals surface area contributed by atoms with Crippen LogP contribution < -0.4 is 15.1 Å². The molecule has 4 aromatic rings. The van der Waals surface area contributed by atoms with Gasteiger partial charge in [-0.1, -0.05) is 23.8 Å². The van der Waals surface area contributed by atoms with Gasteiger partial charge in [0.2, 0.25) is 5.76 Å². The highest BCUT2D eigenvalue weighted by Crippen LogP contribution is 2.41. The molecule has 0 fully saturated rings. The Kier molecular flexibility index (Phi) is 5.46. The molecule has 5 nitrogen and oxygen atoms in total. The van der Waals surface area contributed by atoms with Crippen molar-refractivity contribution in [3.63, 3.8) is 0 Å². The molecule has 0 bridgehead atoms. The number of fused-ring (bicyclic) bond motifs is 2. The average molecular weight is 458 g/mol. The molecule has 0 saturated heterocycles. The van der Waals surface area contributed by atoms with E-state index in [-0.39, 0.29) is 17.1 Å².